The van der Waals surface area contributed by atoms with E-state index in [0.29, 0.717) is 42.9 Å². The van der Waals surface area contributed by atoms with E-state index < -0.39 is 12.0 Å². The second-order valence-electron chi connectivity index (χ2n) is 8.74. The molecule has 3 heterocycles. The van der Waals surface area contributed by atoms with Crippen molar-refractivity contribution < 1.29 is 18.7 Å². The molecule has 1 aliphatic heterocycles. The van der Waals surface area contributed by atoms with Crippen LogP contribution in [-0.4, -0.2) is 24.3 Å². The maximum Gasteiger partial charge on any atom is 0.338 e. The average Bonchev–Trinajstić information content (AvgIpc) is 3.49. The Morgan fingerprint density at radius 1 is 1.16 bits per heavy atom. The standard InChI is InChI=1S/C29H25ClN2O5S/c1-5-36-28(34)25-17(3)31-29-32(26(25)18-7-10-20(35-4)11-8-18)27(33)24(38-29)15-21-12-13-23(37-21)22-14-19(30)9-6-16(22)2/h6-15,26H,5H2,1-4H3/b24-15-. The van der Waals surface area contributed by atoms with Gasteiger partial charge < -0.3 is 13.9 Å². The highest BCUT2D eigenvalue weighted by Gasteiger charge is 2.33. The summed E-state index contributed by atoms with van der Waals surface area (Å²) in [7, 11) is 1.58. The number of rotatable bonds is 6. The van der Waals surface area contributed by atoms with E-state index in [-0.39, 0.29) is 12.2 Å². The number of fused-ring (bicyclic) bond motifs is 1. The molecule has 2 aromatic heterocycles. The van der Waals surface area contributed by atoms with Gasteiger partial charge in [-0.05, 0) is 68.3 Å². The minimum absolute atomic E-state index is 0.211. The summed E-state index contributed by atoms with van der Waals surface area (Å²) in [5.41, 5.74) is 3.21. The normalized spacial score (nSPS) is 15.3. The highest BCUT2D eigenvalue weighted by atomic mass is 35.5. The van der Waals surface area contributed by atoms with Gasteiger partial charge in [-0.2, -0.15) is 0 Å². The van der Waals surface area contributed by atoms with Crippen LogP contribution in [0, 0.1) is 6.92 Å². The van der Waals surface area contributed by atoms with Crippen molar-refractivity contribution in [3.63, 3.8) is 0 Å². The number of hydrogen-bond donors (Lipinski definition) is 0. The van der Waals surface area contributed by atoms with Crippen LogP contribution in [0.25, 0.3) is 17.4 Å². The molecule has 0 spiro atoms. The molecule has 0 fully saturated rings. The lowest BCUT2D eigenvalue weighted by molar-refractivity contribution is -0.139. The fourth-order valence-corrected chi connectivity index (χ4v) is 5.66. The van der Waals surface area contributed by atoms with E-state index in [1.165, 1.54) is 11.3 Å². The first-order valence-electron chi connectivity index (χ1n) is 12.0. The third-order valence-corrected chi connectivity index (χ3v) is 7.53. The first-order chi connectivity index (χ1) is 18.3. The maximum absolute atomic E-state index is 13.8. The van der Waals surface area contributed by atoms with E-state index in [0.717, 1.165) is 16.7 Å². The summed E-state index contributed by atoms with van der Waals surface area (Å²) in [4.78, 5) is 31.9. The number of benzene rings is 2. The fraction of sp³-hybridized carbons (Fsp3) is 0.207. The van der Waals surface area contributed by atoms with E-state index in [1.54, 1.807) is 43.7 Å². The number of nitrogens with zero attached hydrogens (tertiary/aromatic N) is 2. The summed E-state index contributed by atoms with van der Waals surface area (Å²) >= 11 is 7.42. The van der Waals surface area contributed by atoms with Crippen LogP contribution in [0.1, 0.15) is 36.8 Å². The number of ether oxygens (including phenoxy) is 2. The summed E-state index contributed by atoms with van der Waals surface area (Å²) in [5, 5.41) is 0.614. The predicted molar refractivity (Wildman–Crippen MR) is 147 cm³/mol. The summed E-state index contributed by atoms with van der Waals surface area (Å²) in [5.74, 6) is 1.34. The summed E-state index contributed by atoms with van der Waals surface area (Å²) in [6.07, 6.45) is 1.70. The summed E-state index contributed by atoms with van der Waals surface area (Å²) in [6.45, 7) is 5.69. The quantitative estimate of drug-likeness (QED) is 0.316. The summed E-state index contributed by atoms with van der Waals surface area (Å²) in [6, 6.07) is 15.8. The van der Waals surface area contributed by atoms with Crippen molar-refractivity contribution in [2.24, 2.45) is 4.99 Å². The number of aromatic nitrogens is 1. The Kier molecular flexibility index (Phi) is 7.10. The van der Waals surface area contributed by atoms with Gasteiger partial charge in [0.15, 0.2) is 4.80 Å². The lowest BCUT2D eigenvalue weighted by Gasteiger charge is -2.24. The second-order valence-corrected chi connectivity index (χ2v) is 10.2. The lowest BCUT2D eigenvalue weighted by atomic mass is 9.96. The number of aryl methyl sites for hydroxylation is 1. The van der Waals surface area contributed by atoms with E-state index in [9.17, 15) is 9.59 Å². The Balaban J connectivity index is 1.64. The molecule has 0 N–H and O–H groups in total. The summed E-state index contributed by atoms with van der Waals surface area (Å²) < 4.78 is 18.7. The zero-order chi connectivity index (χ0) is 27.0. The fourth-order valence-electron chi connectivity index (χ4n) is 4.46. The van der Waals surface area contributed by atoms with Crippen LogP contribution in [-0.2, 0) is 9.53 Å². The number of carbonyl (C=O) groups is 1. The van der Waals surface area contributed by atoms with Crippen molar-refractivity contribution in [2.45, 2.75) is 26.8 Å². The van der Waals surface area contributed by atoms with Gasteiger partial charge in [0.05, 0.1) is 35.6 Å². The SMILES string of the molecule is CCOC(=O)C1=C(C)N=c2s/c(=C\c3ccc(-c4cc(Cl)ccc4C)o3)c(=O)n2C1c1ccc(OC)cc1. The predicted octanol–water partition coefficient (Wildman–Crippen LogP) is 5.03. The molecule has 0 aliphatic carbocycles. The molecule has 1 atom stereocenters. The van der Waals surface area contributed by atoms with Crippen molar-refractivity contribution in [2.75, 3.05) is 13.7 Å². The van der Waals surface area contributed by atoms with Gasteiger partial charge in [-0.1, -0.05) is 41.1 Å². The van der Waals surface area contributed by atoms with Gasteiger partial charge in [-0.3, -0.25) is 9.36 Å². The van der Waals surface area contributed by atoms with Crippen molar-refractivity contribution in [1.29, 1.82) is 0 Å². The smallest absolute Gasteiger partial charge is 0.338 e. The van der Waals surface area contributed by atoms with Gasteiger partial charge in [0, 0.05) is 16.7 Å². The van der Waals surface area contributed by atoms with E-state index in [1.807, 2.05) is 49.4 Å². The number of allylic oxidation sites excluding steroid dienone is 1. The van der Waals surface area contributed by atoms with Crippen LogP contribution < -0.4 is 19.6 Å². The number of hydrogen-bond acceptors (Lipinski definition) is 7. The molecule has 1 unspecified atom stereocenters. The highest BCUT2D eigenvalue weighted by Crippen LogP contribution is 2.32. The minimum Gasteiger partial charge on any atom is -0.497 e. The third-order valence-electron chi connectivity index (χ3n) is 6.31. The zero-order valence-electron chi connectivity index (χ0n) is 21.3. The number of halogens is 1. The number of carbonyl (C=O) groups excluding carboxylic acids is 1. The van der Waals surface area contributed by atoms with Crippen LogP contribution in [0.3, 0.4) is 0 Å². The topological polar surface area (TPSA) is 83.0 Å². The zero-order valence-corrected chi connectivity index (χ0v) is 22.9. The number of esters is 1. The second kappa shape index (κ2) is 10.5. The number of methoxy groups -OCH3 is 1. The Hall–Kier alpha value is -3.88. The molecule has 194 valence electrons. The molecule has 7 nitrogen and oxygen atoms in total. The number of furan rings is 1. The molecule has 0 amide bonds. The molecule has 38 heavy (non-hydrogen) atoms. The first kappa shape index (κ1) is 25.8. The average molecular weight is 549 g/mol. The molecule has 1 aliphatic rings. The Morgan fingerprint density at radius 2 is 1.92 bits per heavy atom. The van der Waals surface area contributed by atoms with Crippen LogP contribution in [0.2, 0.25) is 5.02 Å². The van der Waals surface area contributed by atoms with Crippen LogP contribution >= 0.6 is 22.9 Å². The lowest BCUT2D eigenvalue weighted by Crippen LogP contribution is -2.39. The highest BCUT2D eigenvalue weighted by molar-refractivity contribution is 7.07. The van der Waals surface area contributed by atoms with E-state index >= 15 is 0 Å². The third kappa shape index (κ3) is 4.73. The van der Waals surface area contributed by atoms with Gasteiger partial charge >= 0.3 is 5.97 Å². The molecular weight excluding hydrogens is 524 g/mol. The maximum atomic E-state index is 13.8. The van der Waals surface area contributed by atoms with Crippen LogP contribution in [0.4, 0.5) is 0 Å². The molecule has 0 radical (unpaired) electrons. The van der Waals surface area contributed by atoms with Gasteiger partial charge in [-0.25, -0.2) is 9.79 Å². The van der Waals surface area contributed by atoms with Crippen molar-refractivity contribution in [1.82, 2.24) is 4.57 Å². The van der Waals surface area contributed by atoms with Crippen LogP contribution in [0.15, 0.2) is 80.1 Å². The van der Waals surface area contributed by atoms with Crippen molar-refractivity contribution in [3.05, 3.63) is 107 Å². The van der Waals surface area contributed by atoms with Crippen molar-refractivity contribution >= 4 is 35.0 Å². The molecule has 5 rings (SSSR count). The molecule has 0 bridgehead atoms. The van der Waals surface area contributed by atoms with Gasteiger partial charge in [0.1, 0.15) is 17.3 Å². The largest absolute Gasteiger partial charge is 0.497 e. The Bertz CT molecular complexity index is 1740. The Labute approximate surface area is 227 Å². The molecule has 0 saturated carbocycles. The van der Waals surface area contributed by atoms with Gasteiger partial charge in [-0.15, -0.1) is 0 Å². The van der Waals surface area contributed by atoms with Crippen LogP contribution in [0.5, 0.6) is 5.75 Å². The van der Waals surface area contributed by atoms with E-state index in [4.69, 9.17) is 25.5 Å². The van der Waals surface area contributed by atoms with Gasteiger partial charge in [0.25, 0.3) is 5.56 Å². The molecule has 9 heteroatoms. The Morgan fingerprint density at radius 3 is 2.63 bits per heavy atom. The molecule has 4 aromatic rings. The van der Waals surface area contributed by atoms with Gasteiger partial charge in [0.2, 0.25) is 0 Å². The molecule has 0 saturated heterocycles. The van der Waals surface area contributed by atoms with E-state index in [2.05, 4.69) is 4.99 Å². The minimum atomic E-state index is -0.695. The monoisotopic (exact) mass is 548 g/mol. The van der Waals surface area contributed by atoms with Crippen molar-refractivity contribution in [3.8, 4) is 17.1 Å². The number of thiazole rings is 1. The first-order valence-corrected chi connectivity index (χ1v) is 13.2. The molecular formula is C29H25ClN2O5S. The molecule has 2 aromatic carbocycles.